The molecule has 3 heterocycles. The minimum Gasteiger partial charge on any atom is -0.369 e. The first-order chi connectivity index (χ1) is 13.4. The Bertz CT molecular complexity index is 1120. The topological polar surface area (TPSA) is 86.1 Å². The van der Waals surface area contributed by atoms with Crippen LogP contribution in [-0.4, -0.2) is 26.5 Å². The summed E-state index contributed by atoms with van der Waals surface area (Å²) in [4.78, 5) is 27.1. The number of thiophene rings is 1. The molecule has 0 bridgehead atoms. The summed E-state index contributed by atoms with van der Waals surface area (Å²) in [5, 5.41) is 11.6. The van der Waals surface area contributed by atoms with Crippen LogP contribution in [0.3, 0.4) is 0 Å². The molecule has 3 aromatic rings. The van der Waals surface area contributed by atoms with E-state index >= 15 is 0 Å². The fourth-order valence-corrected chi connectivity index (χ4v) is 4.43. The number of nitrogens with one attached hydrogen (secondary N) is 1. The van der Waals surface area contributed by atoms with E-state index in [1.807, 2.05) is 31.2 Å². The molecule has 1 aliphatic heterocycles. The van der Waals surface area contributed by atoms with Gasteiger partial charge in [-0.25, -0.2) is 4.68 Å². The number of fused-ring (bicyclic) bond motifs is 3. The summed E-state index contributed by atoms with van der Waals surface area (Å²) in [5.74, 6) is -0.309. The van der Waals surface area contributed by atoms with Gasteiger partial charge in [0.25, 0.3) is 5.56 Å². The number of amides is 1. The van der Waals surface area contributed by atoms with Gasteiger partial charge >= 0.3 is 0 Å². The molecule has 8 heteroatoms. The number of aryl methyl sites for hydroxylation is 1. The number of hydrogen-bond acceptors (Lipinski definition) is 6. The van der Waals surface area contributed by atoms with Gasteiger partial charge < -0.3 is 10.1 Å². The highest BCUT2D eigenvalue weighted by atomic mass is 32.1. The van der Waals surface area contributed by atoms with Crippen LogP contribution in [0, 0.1) is 6.92 Å². The van der Waals surface area contributed by atoms with Gasteiger partial charge in [-0.15, -0.1) is 16.4 Å². The van der Waals surface area contributed by atoms with Crippen molar-refractivity contribution in [2.24, 2.45) is 0 Å². The Kier molecular flexibility index (Phi) is 4.76. The quantitative estimate of drug-likeness (QED) is 0.730. The molecular formula is C20H22N4O3S. The van der Waals surface area contributed by atoms with Crippen LogP contribution in [0.1, 0.15) is 36.3 Å². The summed E-state index contributed by atoms with van der Waals surface area (Å²) in [6.07, 6.45) is 1.52. The maximum absolute atomic E-state index is 13.1. The molecule has 0 fully saturated rings. The molecule has 0 saturated carbocycles. The molecule has 146 valence electrons. The molecule has 1 atom stereocenters. The number of para-hydroxylation sites is 1. The summed E-state index contributed by atoms with van der Waals surface area (Å²) < 4.78 is 7.11. The average molecular weight is 398 g/mol. The summed E-state index contributed by atoms with van der Waals surface area (Å²) in [6, 6.07) is 7.50. The van der Waals surface area contributed by atoms with Gasteiger partial charge in [0.05, 0.1) is 17.6 Å². The molecule has 0 aliphatic carbocycles. The third-order valence-corrected chi connectivity index (χ3v) is 6.42. The van der Waals surface area contributed by atoms with Crippen molar-refractivity contribution in [3.05, 3.63) is 50.6 Å². The monoisotopic (exact) mass is 398 g/mol. The lowest BCUT2D eigenvalue weighted by molar-refractivity contribution is -0.117. The number of carbonyl (C=O) groups is 1. The predicted octanol–water partition coefficient (Wildman–Crippen LogP) is 3.04. The van der Waals surface area contributed by atoms with E-state index in [0.29, 0.717) is 23.2 Å². The minimum atomic E-state index is -0.309. The zero-order valence-electron chi connectivity index (χ0n) is 16.1. The molecule has 1 aromatic carbocycles. The zero-order chi connectivity index (χ0) is 19.9. The molecule has 0 saturated heterocycles. The molecule has 1 N–H and O–H groups in total. The van der Waals surface area contributed by atoms with Gasteiger partial charge in [-0.05, 0) is 37.5 Å². The van der Waals surface area contributed by atoms with Crippen LogP contribution in [0.5, 0.6) is 0 Å². The molecule has 28 heavy (non-hydrogen) atoms. The van der Waals surface area contributed by atoms with Crippen LogP contribution in [0.2, 0.25) is 0 Å². The van der Waals surface area contributed by atoms with Gasteiger partial charge in [0.2, 0.25) is 5.91 Å². The molecular weight excluding hydrogens is 376 g/mol. The number of ether oxygens (including phenoxy) is 1. The SMILES string of the molecule is CC[C@@]1(C)Cc2c(sc3nnn(CC(=O)Nc4ccccc4C)c(=O)c23)CO1. The molecule has 1 aliphatic rings. The summed E-state index contributed by atoms with van der Waals surface area (Å²) in [7, 11) is 0. The number of carbonyl (C=O) groups excluding carboxylic acids is 1. The maximum Gasteiger partial charge on any atom is 0.279 e. The Morgan fingerprint density at radius 2 is 2.18 bits per heavy atom. The van der Waals surface area contributed by atoms with Crippen molar-refractivity contribution in [3.8, 4) is 0 Å². The Labute approximate surface area is 166 Å². The number of hydrogen-bond donors (Lipinski definition) is 1. The number of benzene rings is 1. The van der Waals surface area contributed by atoms with Gasteiger partial charge in [-0.1, -0.05) is 30.3 Å². The van der Waals surface area contributed by atoms with Crippen molar-refractivity contribution in [1.82, 2.24) is 15.0 Å². The summed E-state index contributed by atoms with van der Waals surface area (Å²) >= 11 is 1.44. The van der Waals surface area contributed by atoms with Crippen molar-refractivity contribution in [2.75, 3.05) is 5.32 Å². The van der Waals surface area contributed by atoms with Crippen molar-refractivity contribution in [2.45, 2.75) is 52.4 Å². The van der Waals surface area contributed by atoms with Gasteiger partial charge in [0.15, 0.2) is 4.83 Å². The second-order valence-corrected chi connectivity index (χ2v) is 8.45. The molecule has 0 unspecified atom stereocenters. The second kappa shape index (κ2) is 7.10. The highest BCUT2D eigenvalue weighted by Crippen LogP contribution is 2.37. The molecule has 0 radical (unpaired) electrons. The average Bonchev–Trinajstić information content (AvgIpc) is 3.04. The predicted molar refractivity (Wildman–Crippen MR) is 109 cm³/mol. The molecule has 7 nitrogen and oxygen atoms in total. The fourth-order valence-electron chi connectivity index (χ4n) is 3.39. The van der Waals surface area contributed by atoms with E-state index in [1.54, 1.807) is 0 Å². The highest BCUT2D eigenvalue weighted by molar-refractivity contribution is 7.18. The molecule has 2 aromatic heterocycles. The van der Waals surface area contributed by atoms with E-state index in [4.69, 9.17) is 4.74 Å². The number of rotatable bonds is 4. The lowest BCUT2D eigenvalue weighted by Crippen LogP contribution is -2.35. The van der Waals surface area contributed by atoms with Crippen LogP contribution in [0.4, 0.5) is 5.69 Å². The van der Waals surface area contributed by atoms with E-state index in [9.17, 15) is 9.59 Å². The van der Waals surface area contributed by atoms with Crippen molar-refractivity contribution in [3.63, 3.8) is 0 Å². The van der Waals surface area contributed by atoms with E-state index < -0.39 is 0 Å². The van der Waals surface area contributed by atoms with Gasteiger partial charge in [0.1, 0.15) is 6.54 Å². The minimum absolute atomic E-state index is 0.178. The van der Waals surface area contributed by atoms with Crippen molar-refractivity contribution in [1.29, 1.82) is 0 Å². The lowest BCUT2D eigenvalue weighted by Gasteiger charge is -2.32. The molecule has 0 spiro atoms. The van der Waals surface area contributed by atoms with Crippen LogP contribution < -0.4 is 10.9 Å². The van der Waals surface area contributed by atoms with Crippen LogP contribution >= 0.6 is 11.3 Å². The standard InChI is InChI=1S/C20H22N4O3S/c1-4-20(3)9-13-15(11-27-20)28-18-17(13)19(26)24(23-22-18)10-16(25)21-14-8-6-5-7-12(14)2/h5-8H,4,9-11H2,1-3H3,(H,21,25)/t20-/m0/s1. The van der Waals surface area contributed by atoms with E-state index in [1.165, 1.54) is 11.3 Å². The Morgan fingerprint density at radius 1 is 1.39 bits per heavy atom. The number of aromatic nitrogens is 3. The van der Waals surface area contributed by atoms with Gasteiger partial charge in [-0.3, -0.25) is 9.59 Å². The molecule has 1 amide bonds. The molecule has 4 rings (SSSR count). The van der Waals surface area contributed by atoms with E-state index in [2.05, 4.69) is 29.5 Å². The zero-order valence-corrected chi connectivity index (χ0v) is 16.9. The van der Waals surface area contributed by atoms with Gasteiger partial charge in [0, 0.05) is 17.0 Å². The highest BCUT2D eigenvalue weighted by Gasteiger charge is 2.33. The first-order valence-electron chi connectivity index (χ1n) is 9.27. The largest absolute Gasteiger partial charge is 0.369 e. The Morgan fingerprint density at radius 3 is 2.93 bits per heavy atom. The Hall–Kier alpha value is -2.58. The van der Waals surface area contributed by atoms with E-state index in [-0.39, 0.29) is 23.6 Å². The Balaban J connectivity index is 1.65. The number of anilines is 1. The van der Waals surface area contributed by atoms with Crippen LogP contribution in [-0.2, 0) is 29.1 Å². The first-order valence-corrected chi connectivity index (χ1v) is 10.1. The lowest BCUT2D eigenvalue weighted by atomic mass is 9.90. The van der Waals surface area contributed by atoms with Crippen LogP contribution in [0.15, 0.2) is 29.1 Å². The van der Waals surface area contributed by atoms with Gasteiger partial charge in [-0.2, -0.15) is 0 Å². The smallest absolute Gasteiger partial charge is 0.279 e. The van der Waals surface area contributed by atoms with Crippen molar-refractivity contribution < 1.29 is 9.53 Å². The third-order valence-electron chi connectivity index (χ3n) is 5.33. The maximum atomic E-state index is 13.1. The third kappa shape index (κ3) is 3.33. The van der Waals surface area contributed by atoms with E-state index in [0.717, 1.165) is 32.8 Å². The second-order valence-electron chi connectivity index (χ2n) is 7.37. The van der Waals surface area contributed by atoms with Crippen LogP contribution in [0.25, 0.3) is 10.2 Å². The summed E-state index contributed by atoms with van der Waals surface area (Å²) in [6.45, 7) is 6.35. The summed E-state index contributed by atoms with van der Waals surface area (Å²) in [5.41, 5.74) is 2.10. The number of nitrogens with zero attached hydrogens (tertiary/aromatic N) is 3. The van der Waals surface area contributed by atoms with Crippen molar-refractivity contribution >= 4 is 33.1 Å². The normalized spacial score (nSPS) is 18.8. The first kappa shape index (κ1) is 18.8. The fraction of sp³-hybridized carbons (Fsp3) is 0.400.